The molecule has 0 radical (unpaired) electrons. The fraction of sp³-hybridized carbons (Fsp3) is 0.0870. The van der Waals surface area contributed by atoms with Crippen molar-refractivity contribution < 1.29 is 22.9 Å². The molecule has 12 heteroatoms. The maximum atomic E-state index is 13.6. The van der Waals surface area contributed by atoms with Crippen molar-refractivity contribution in [3.63, 3.8) is 0 Å². The Morgan fingerprint density at radius 1 is 1.06 bits per heavy atom. The number of hydrogen-bond acceptors (Lipinski definition) is 8. The van der Waals surface area contributed by atoms with Crippen molar-refractivity contribution in [2.45, 2.75) is 4.90 Å². The van der Waals surface area contributed by atoms with E-state index in [0.717, 1.165) is 6.07 Å². The van der Waals surface area contributed by atoms with Crippen LogP contribution in [-0.4, -0.2) is 42.1 Å². The minimum Gasteiger partial charge on any atom is -0.593 e. The highest BCUT2D eigenvalue weighted by molar-refractivity contribution is 7.89. The van der Waals surface area contributed by atoms with Crippen LogP contribution in [0.1, 0.15) is 0 Å². The van der Waals surface area contributed by atoms with E-state index in [9.17, 15) is 18.4 Å². The molecule has 178 valence electrons. The lowest BCUT2D eigenvalue weighted by Gasteiger charge is -2.11. The van der Waals surface area contributed by atoms with Gasteiger partial charge in [-0.1, -0.05) is 0 Å². The standard InChI is InChI=1S/C23H18F2N6O3S/c24-15-2-4-16(5-3-15)35(33)28-10-9-27-22-26-8-7-18(29-22)21-20(30-23-31(21)11-12-34-23)14-1-6-17(25)19(32)13-14/h1-8,11-13,28,32H,9-10H2,(H,26,27,29). The molecule has 35 heavy (non-hydrogen) atoms. The molecule has 0 bridgehead atoms. The van der Waals surface area contributed by atoms with Gasteiger partial charge >= 0.3 is 5.84 Å². The molecule has 0 fully saturated rings. The predicted molar refractivity (Wildman–Crippen MR) is 125 cm³/mol. The number of rotatable bonds is 8. The van der Waals surface area contributed by atoms with Crippen LogP contribution in [0.2, 0.25) is 0 Å². The van der Waals surface area contributed by atoms with Gasteiger partial charge in [0, 0.05) is 24.5 Å². The van der Waals surface area contributed by atoms with Gasteiger partial charge in [-0.15, -0.1) is 4.72 Å². The number of anilines is 1. The molecule has 0 spiro atoms. The molecule has 1 atom stereocenters. The van der Waals surface area contributed by atoms with Gasteiger partial charge in [-0.3, -0.25) is 4.40 Å². The van der Waals surface area contributed by atoms with E-state index in [1.165, 1.54) is 42.7 Å². The van der Waals surface area contributed by atoms with Crippen LogP contribution in [0, 0.1) is 11.6 Å². The Morgan fingerprint density at radius 3 is 2.69 bits per heavy atom. The monoisotopic (exact) mass is 496 g/mol. The lowest BCUT2D eigenvalue weighted by atomic mass is 10.1. The molecule has 0 amide bonds. The fourth-order valence-electron chi connectivity index (χ4n) is 3.43. The second-order valence-corrected chi connectivity index (χ2v) is 8.64. The largest absolute Gasteiger partial charge is 0.593 e. The number of benzene rings is 2. The second kappa shape index (κ2) is 9.70. The summed E-state index contributed by atoms with van der Waals surface area (Å²) >= 11 is -1.48. The van der Waals surface area contributed by atoms with Crippen molar-refractivity contribution in [2.75, 3.05) is 18.4 Å². The normalized spacial score (nSPS) is 12.2. The minimum absolute atomic E-state index is 0.305. The lowest BCUT2D eigenvalue weighted by Crippen LogP contribution is -2.29. The van der Waals surface area contributed by atoms with Crippen molar-refractivity contribution >= 4 is 23.2 Å². The smallest absolute Gasteiger partial charge is 0.306 e. The van der Waals surface area contributed by atoms with Crippen molar-refractivity contribution in [2.24, 2.45) is 0 Å². The lowest BCUT2D eigenvalue weighted by molar-refractivity contribution is 0.432. The molecule has 0 aliphatic carbocycles. The highest BCUT2D eigenvalue weighted by atomic mass is 32.2. The summed E-state index contributed by atoms with van der Waals surface area (Å²) in [5.74, 6) is -0.994. The molecule has 3 N–H and O–H groups in total. The Bertz CT molecular complexity index is 1470. The van der Waals surface area contributed by atoms with E-state index >= 15 is 0 Å². The van der Waals surface area contributed by atoms with Crippen LogP contribution in [0.15, 0.2) is 76.5 Å². The summed E-state index contributed by atoms with van der Waals surface area (Å²) in [6, 6.07) is 11.1. The van der Waals surface area contributed by atoms with E-state index < -0.39 is 28.7 Å². The Hall–Kier alpha value is -4.00. The highest BCUT2D eigenvalue weighted by Gasteiger charge is 2.20. The molecular weight excluding hydrogens is 478 g/mol. The number of fused-ring (bicyclic) bond motifs is 1. The molecule has 0 aliphatic heterocycles. The molecule has 2 aromatic carbocycles. The van der Waals surface area contributed by atoms with Gasteiger partial charge in [0.25, 0.3) is 0 Å². The van der Waals surface area contributed by atoms with Gasteiger partial charge in [0.2, 0.25) is 5.95 Å². The van der Waals surface area contributed by atoms with Crippen LogP contribution in [0.5, 0.6) is 5.75 Å². The number of hydrogen-bond donors (Lipinski definition) is 3. The van der Waals surface area contributed by atoms with E-state index in [1.54, 1.807) is 22.9 Å². The number of imidazole rings is 1. The Balaban J connectivity index is 1.33. The first-order valence-electron chi connectivity index (χ1n) is 10.4. The third-order valence-corrected chi connectivity index (χ3v) is 6.22. The van der Waals surface area contributed by atoms with E-state index in [2.05, 4.69) is 25.0 Å². The van der Waals surface area contributed by atoms with Gasteiger partial charge in [0.05, 0.1) is 23.6 Å². The first-order chi connectivity index (χ1) is 17.0. The molecule has 0 aliphatic rings. The second-order valence-electron chi connectivity index (χ2n) is 7.34. The Labute approximate surface area is 200 Å². The summed E-state index contributed by atoms with van der Waals surface area (Å²) in [4.78, 5) is 13.7. The Kier molecular flexibility index (Phi) is 6.31. The zero-order valence-electron chi connectivity index (χ0n) is 18.0. The van der Waals surface area contributed by atoms with Crippen molar-refractivity contribution in [3.8, 4) is 28.4 Å². The highest BCUT2D eigenvalue weighted by Crippen LogP contribution is 2.34. The van der Waals surface area contributed by atoms with Gasteiger partial charge in [-0.25, -0.2) is 18.7 Å². The SMILES string of the molecule is [O-][S+](NCCNc1nccc(-c2c(-c3ccc(F)c(O)c3)nc3occn23)n1)c1ccc(F)cc1. The summed E-state index contributed by atoms with van der Waals surface area (Å²) in [7, 11) is 0. The van der Waals surface area contributed by atoms with Crippen LogP contribution >= 0.6 is 0 Å². The van der Waals surface area contributed by atoms with Crippen molar-refractivity contribution in [3.05, 3.63) is 78.8 Å². The number of phenolic OH excluding ortho intramolecular Hbond substituents is 1. The van der Waals surface area contributed by atoms with Gasteiger partial charge in [-0.2, -0.15) is 4.98 Å². The number of nitrogens with one attached hydrogen (secondary N) is 2. The molecule has 0 saturated heterocycles. The van der Waals surface area contributed by atoms with Gasteiger partial charge in [0.1, 0.15) is 23.5 Å². The fourth-order valence-corrected chi connectivity index (χ4v) is 4.26. The summed E-state index contributed by atoms with van der Waals surface area (Å²) in [6.07, 6.45) is 4.72. The molecule has 5 aromatic rings. The van der Waals surface area contributed by atoms with Crippen LogP contribution in [0.3, 0.4) is 0 Å². The summed E-state index contributed by atoms with van der Waals surface area (Å²) < 4.78 is 48.8. The predicted octanol–water partition coefficient (Wildman–Crippen LogP) is 3.76. The zero-order chi connectivity index (χ0) is 24.4. The number of phenols is 1. The summed E-state index contributed by atoms with van der Waals surface area (Å²) in [5.41, 5.74) is 2.01. The zero-order valence-corrected chi connectivity index (χ0v) is 18.8. The van der Waals surface area contributed by atoms with Crippen molar-refractivity contribution in [1.29, 1.82) is 0 Å². The molecule has 1 unspecified atom stereocenters. The number of halogens is 2. The van der Waals surface area contributed by atoms with Gasteiger partial charge in [0.15, 0.2) is 16.5 Å². The Morgan fingerprint density at radius 2 is 1.89 bits per heavy atom. The number of oxazole rings is 1. The summed E-state index contributed by atoms with van der Waals surface area (Å²) in [6.45, 7) is 0.693. The molecule has 3 aromatic heterocycles. The average molecular weight is 496 g/mol. The first kappa shape index (κ1) is 22.8. The number of aromatic nitrogens is 4. The molecule has 3 heterocycles. The maximum Gasteiger partial charge on any atom is 0.306 e. The first-order valence-corrected chi connectivity index (χ1v) is 11.6. The third-order valence-electron chi connectivity index (χ3n) is 5.05. The van der Waals surface area contributed by atoms with E-state index in [0.29, 0.717) is 52.4 Å². The quantitative estimate of drug-likeness (QED) is 0.219. The van der Waals surface area contributed by atoms with Crippen LogP contribution in [0.25, 0.3) is 28.5 Å². The minimum atomic E-state index is -1.48. The van der Waals surface area contributed by atoms with E-state index in [4.69, 9.17) is 4.42 Å². The van der Waals surface area contributed by atoms with Gasteiger partial charge in [-0.05, 0) is 48.5 Å². The van der Waals surface area contributed by atoms with Crippen LogP contribution < -0.4 is 10.0 Å². The van der Waals surface area contributed by atoms with Crippen LogP contribution in [-0.2, 0) is 11.4 Å². The number of aromatic hydroxyl groups is 1. The molecule has 0 saturated carbocycles. The van der Waals surface area contributed by atoms with Crippen LogP contribution in [0.4, 0.5) is 14.7 Å². The number of nitrogens with zero attached hydrogens (tertiary/aromatic N) is 4. The van der Waals surface area contributed by atoms with E-state index in [-0.39, 0.29) is 0 Å². The van der Waals surface area contributed by atoms with Gasteiger partial charge < -0.3 is 19.4 Å². The summed E-state index contributed by atoms with van der Waals surface area (Å²) in [5, 5.41) is 12.9. The molecule has 5 rings (SSSR count). The topological polar surface area (TPSA) is 124 Å². The average Bonchev–Trinajstić information content (AvgIpc) is 3.45. The molecular formula is C23H18F2N6O3S. The van der Waals surface area contributed by atoms with Crippen molar-refractivity contribution in [1.82, 2.24) is 24.1 Å². The molecule has 9 nitrogen and oxygen atoms in total. The third kappa shape index (κ3) is 4.80. The van der Waals surface area contributed by atoms with E-state index in [1.807, 2.05) is 0 Å². The maximum absolute atomic E-state index is 13.6.